The Bertz CT molecular complexity index is 2850. The zero-order valence-corrected chi connectivity index (χ0v) is 27.5. The van der Waals surface area contributed by atoms with Crippen molar-refractivity contribution in [2.75, 3.05) is 4.90 Å². The summed E-state index contributed by atoms with van der Waals surface area (Å²) in [5.41, 5.74) is 11.9. The lowest BCUT2D eigenvalue weighted by Crippen LogP contribution is -2.10. The van der Waals surface area contributed by atoms with Gasteiger partial charge in [-0.2, -0.15) is 0 Å². The lowest BCUT2D eigenvalue weighted by atomic mass is 10.0. The summed E-state index contributed by atoms with van der Waals surface area (Å²) in [5.74, 6) is 0.601. The van der Waals surface area contributed by atoms with Gasteiger partial charge in [0.2, 0.25) is 5.89 Å². The van der Waals surface area contributed by atoms with E-state index in [4.69, 9.17) is 13.8 Å². The first kappa shape index (κ1) is 29.0. The van der Waals surface area contributed by atoms with Crippen molar-refractivity contribution in [2.24, 2.45) is 0 Å². The van der Waals surface area contributed by atoms with E-state index in [0.29, 0.717) is 5.89 Å². The summed E-state index contributed by atoms with van der Waals surface area (Å²) in [6, 6.07) is 63.6. The van der Waals surface area contributed by atoms with E-state index < -0.39 is 0 Å². The topological polar surface area (TPSA) is 42.4 Å². The number of nitrogens with zero attached hydrogens (tertiary/aromatic N) is 2. The minimum atomic E-state index is 0.601. The van der Waals surface area contributed by atoms with Crippen molar-refractivity contribution in [3.05, 3.63) is 182 Å². The number of aromatic nitrogens is 1. The van der Waals surface area contributed by atoms with Crippen molar-refractivity contribution < 1.29 is 8.83 Å². The predicted octanol–water partition coefficient (Wildman–Crippen LogP) is 13.4. The predicted molar refractivity (Wildman–Crippen MR) is 210 cm³/mol. The molecule has 0 radical (unpaired) electrons. The molecular weight excluding hydrogens is 625 g/mol. The van der Waals surface area contributed by atoms with E-state index in [9.17, 15) is 0 Å². The Morgan fingerprint density at radius 3 is 1.84 bits per heavy atom. The summed E-state index contributed by atoms with van der Waals surface area (Å²) < 4.78 is 12.7. The van der Waals surface area contributed by atoms with Gasteiger partial charge in [0, 0.05) is 28.0 Å². The second-order valence-electron chi connectivity index (χ2n) is 12.8. The third-order valence-corrected chi connectivity index (χ3v) is 9.67. The van der Waals surface area contributed by atoms with Crippen molar-refractivity contribution in [3.8, 4) is 33.7 Å². The van der Waals surface area contributed by atoms with Gasteiger partial charge in [-0.05, 0) is 106 Å². The summed E-state index contributed by atoms with van der Waals surface area (Å²) in [4.78, 5) is 7.14. The molecule has 2 heterocycles. The smallest absolute Gasteiger partial charge is 0.227 e. The van der Waals surface area contributed by atoms with Crippen LogP contribution in [0.5, 0.6) is 0 Å². The number of hydrogen-bond donors (Lipinski definition) is 0. The first-order valence-electron chi connectivity index (χ1n) is 17.1. The summed E-state index contributed by atoms with van der Waals surface area (Å²) in [6.07, 6.45) is 0. The van der Waals surface area contributed by atoms with Crippen LogP contribution >= 0.6 is 0 Å². The Hall–Kier alpha value is -6.91. The largest absolute Gasteiger partial charge is 0.456 e. The van der Waals surface area contributed by atoms with Crippen LogP contribution in [0.3, 0.4) is 0 Å². The van der Waals surface area contributed by atoms with E-state index >= 15 is 0 Å². The van der Waals surface area contributed by atoms with Gasteiger partial charge >= 0.3 is 0 Å². The molecule has 4 heteroatoms. The van der Waals surface area contributed by atoms with E-state index in [-0.39, 0.29) is 0 Å². The maximum atomic E-state index is 6.39. The molecular formula is C47H30N2O2. The van der Waals surface area contributed by atoms with Crippen LogP contribution in [0.15, 0.2) is 191 Å². The van der Waals surface area contributed by atoms with Crippen LogP contribution in [0.2, 0.25) is 0 Å². The van der Waals surface area contributed by atoms with Gasteiger partial charge in [-0.25, -0.2) is 4.98 Å². The fourth-order valence-electron chi connectivity index (χ4n) is 7.15. The minimum absolute atomic E-state index is 0.601. The zero-order chi connectivity index (χ0) is 33.7. The van der Waals surface area contributed by atoms with E-state index in [1.807, 2.05) is 42.5 Å². The molecule has 8 aromatic carbocycles. The molecule has 0 aliphatic rings. The van der Waals surface area contributed by atoms with E-state index in [1.54, 1.807) is 0 Å². The van der Waals surface area contributed by atoms with Gasteiger partial charge in [0.05, 0.1) is 5.39 Å². The highest BCUT2D eigenvalue weighted by Gasteiger charge is 2.18. The Labute approximate surface area is 294 Å². The maximum Gasteiger partial charge on any atom is 0.227 e. The van der Waals surface area contributed by atoms with Crippen molar-refractivity contribution in [3.63, 3.8) is 0 Å². The second kappa shape index (κ2) is 11.9. The molecule has 0 bridgehead atoms. The third kappa shape index (κ3) is 5.13. The monoisotopic (exact) mass is 654 g/mol. The third-order valence-electron chi connectivity index (χ3n) is 9.67. The highest BCUT2D eigenvalue weighted by Crippen LogP contribution is 2.41. The number of rotatable bonds is 6. The van der Waals surface area contributed by atoms with Gasteiger partial charge in [0.15, 0.2) is 5.58 Å². The maximum absolute atomic E-state index is 6.39. The van der Waals surface area contributed by atoms with Crippen LogP contribution in [0.1, 0.15) is 0 Å². The average Bonchev–Trinajstić information content (AvgIpc) is 3.81. The Morgan fingerprint density at radius 1 is 0.392 bits per heavy atom. The molecule has 51 heavy (non-hydrogen) atoms. The van der Waals surface area contributed by atoms with Gasteiger partial charge in [0.1, 0.15) is 16.7 Å². The standard InChI is InChI=1S/C47H30N2O2/c1-3-10-31(11-4-1)36-16-9-17-39(28-36)49(40-24-20-32-12-7-8-15-35(32)29-40)38-22-18-33(19-23-38)37-21-26-43-41(30-37)45-44(50-43)27-25-42-46(45)51-47(48-42)34-13-5-2-6-14-34/h1-30H. The number of furan rings is 1. The quantitative estimate of drug-likeness (QED) is 0.179. The fraction of sp³-hybridized carbons (Fsp3) is 0. The fourth-order valence-corrected chi connectivity index (χ4v) is 7.15. The number of anilines is 3. The Balaban J connectivity index is 1.07. The molecule has 0 saturated heterocycles. The van der Waals surface area contributed by atoms with Gasteiger partial charge in [-0.3, -0.25) is 0 Å². The van der Waals surface area contributed by atoms with Crippen LogP contribution in [0.25, 0.3) is 77.5 Å². The number of fused-ring (bicyclic) bond motifs is 6. The molecule has 0 spiro atoms. The Kier molecular flexibility index (Phi) is 6.78. The number of benzene rings is 8. The lowest BCUT2D eigenvalue weighted by Gasteiger charge is -2.26. The summed E-state index contributed by atoms with van der Waals surface area (Å²) in [5, 5.41) is 4.36. The van der Waals surface area contributed by atoms with Crippen LogP contribution in [-0.2, 0) is 0 Å². The molecule has 0 aliphatic heterocycles. The molecule has 10 aromatic rings. The molecule has 0 atom stereocenters. The van der Waals surface area contributed by atoms with Crippen molar-refractivity contribution in [2.45, 2.75) is 0 Å². The highest BCUT2D eigenvalue weighted by atomic mass is 16.4. The van der Waals surface area contributed by atoms with E-state index in [1.165, 1.54) is 21.9 Å². The van der Waals surface area contributed by atoms with Gasteiger partial charge in [0.25, 0.3) is 0 Å². The minimum Gasteiger partial charge on any atom is -0.456 e. The van der Waals surface area contributed by atoms with Crippen molar-refractivity contribution in [1.29, 1.82) is 0 Å². The first-order valence-corrected chi connectivity index (χ1v) is 17.1. The van der Waals surface area contributed by atoms with Gasteiger partial charge in [-0.1, -0.05) is 109 Å². The molecule has 10 rings (SSSR count). The molecule has 0 N–H and O–H groups in total. The molecule has 2 aromatic heterocycles. The molecule has 4 nitrogen and oxygen atoms in total. The van der Waals surface area contributed by atoms with Crippen molar-refractivity contribution in [1.82, 2.24) is 4.98 Å². The van der Waals surface area contributed by atoms with E-state index in [2.05, 4.69) is 144 Å². The van der Waals surface area contributed by atoms with Crippen LogP contribution in [0.4, 0.5) is 17.1 Å². The lowest BCUT2D eigenvalue weighted by molar-refractivity contribution is 0.622. The van der Waals surface area contributed by atoms with Crippen LogP contribution in [0, 0.1) is 0 Å². The molecule has 0 saturated carbocycles. The summed E-state index contributed by atoms with van der Waals surface area (Å²) in [6.45, 7) is 0. The molecule has 0 unspecified atom stereocenters. The Morgan fingerprint density at radius 2 is 1.02 bits per heavy atom. The molecule has 240 valence electrons. The normalized spacial score (nSPS) is 11.5. The summed E-state index contributed by atoms with van der Waals surface area (Å²) >= 11 is 0. The van der Waals surface area contributed by atoms with E-state index in [0.717, 1.165) is 66.8 Å². The second-order valence-corrected chi connectivity index (χ2v) is 12.8. The highest BCUT2D eigenvalue weighted by molar-refractivity contribution is 6.17. The van der Waals surface area contributed by atoms with Gasteiger partial charge < -0.3 is 13.7 Å². The number of oxazole rings is 1. The van der Waals surface area contributed by atoms with Crippen LogP contribution < -0.4 is 4.90 Å². The first-order chi connectivity index (χ1) is 25.2. The zero-order valence-electron chi connectivity index (χ0n) is 27.5. The molecule has 0 amide bonds. The molecule has 0 aliphatic carbocycles. The van der Waals surface area contributed by atoms with Crippen molar-refractivity contribution >= 4 is 60.9 Å². The van der Waals surface area contributed by atoms with Crippen LogP contribution in [-0.4, -0.2) is 4.98 Å². The average molecular weight is 655 g/mol. The SMILES string of the molecule is c1ccc(-c2cccc(N(c3ccc(-c4ccc5oc6ccc7nc(-c8ccccc8)oc7c6c5c4)cc3)c3ccc4ccccc4c3)c2)cc1. The van der Waals surface area contributed by atoms with Gasteiger partial charge in [-0.15, -0.1) is 0 Å². The summed E-state index contributed by atoms with van der Waals surface area (Å²) in [7, 11) is 0. The number of hydrogen-bond acceptors (Lipinski definition) is 4. The molecule has 0 fully saturated rings.